The number of nitrogens with one attached hydrogen (secondary N) is 1. The molecule has 96 valence electrons. The van der Waals surface area contributed by atoms with Gasteiger partial charge in [-0.3, -0.25) is 0 Å². The van der Waals surface area contributed by atoms with Crippen molar-refractivity contribution in [3.05, 3.63) is 0 Å². The van der Waals surface area contributed by atoms with Crippen LogP contribution in [0.15, 0.2) is 0 Å². The lowest BCUT2D eigenvalue weighted by atomic mass is 9.97. The van der Waals surface area contributed by atoms with Crippen LogP contribution >= 0.6 is 0 Å². The highest BCUT2D eigenvalue weighted by atomic mass is 32.2. The normalized spacial score (nSPS) is 26.9. The van der Waals surface area contributed by atoms with Crippen LogP contribution in [0.2, 0.25) is 0 Å². The van der Waals surface area contributed by atoms with Crippen LogP contribution in [0.1, 0.15) is 46.5 Å². The first-order chi connectivity index (χ1) is 7.49. The molecule has 0 aromatic carbocycles. The number of hydrogen-bond acceptors (Lipinski definition) is 3. The predicted molar refractivity (Wildman–Crippen MR) is 68.3 cm³/mol. The SMILES string of the molecule is CCCNC(C(C)C)C1CCCCS1(=O)=O. The van der Waals surface area contributed by atoms with E-state index >= 15 is 0 Å². The second-order valence-electron chi connectivity index (χ2n) is 5.13. The molecule has 1 fully saturated rings. The van der Waals surface area contributed by atoms with E-state index in [1.54, 1.807) is 0 Å². The molecule has 2 atom stereocenters. The standard InChI is InChI=1S/C12H25NO2S/c1-4-8-13-12(10(2)3)11-7-5-6-9-16(11,14)15/h10-13H,4-9H2,1-3H3. The molecule has 0 aromatic heterocycles. The van der Waals surface area contributed by atoms with Crippen LogP contribution in [0, 0.1) is 5.92 Å². The van der Waals surface area contributed by atoms with E-state index < -0.39 is 9.84 Å². The summed E-state index contributed by atoms with van der Waals surface area (Å²) in [5, 5.41) is 3.26. The smallest absolute Gasteiger partial charge is 0.154 e. The fourth-order valence-corrected chi connectivity index (χ4v) is 4.78. The summed E-state index contributed by atoms with van der Waals surface area (Å²) in [5.41, 5.74) is 0. The van der Waals surface area contributed by atoms with E-state index in [0.717, 1.165) is 32.2 Å². The highest BCUT2D eigenvalue weighted by Gasteiger charge is 2.36. The maximum absolute atomic E-state index is 12.1. The van der Waals surface area contributed by atoms with Crippen molar-refractivity contribution in [2.45, 2.75) is 57.7 Å². The van der Waals surface area contributed by atoms with Gasteiger partial charge >= 0.3 is 0 Å². The third-order valence-electron chi connectivity index (χ3n) is 3.38. The minimum Gasteiger partial charge on any atom is -0.312 e. The molecule has 0 aliphatic carbocycles. The summed E-state index contributed by atoms with van der Waals surface area (Å²) in [6.07, 6.45) is 3.79. The lowest BCUT2D eigenvalue weighted by Gasteiger charge is -2.33. The van der Waals surface area contributed by atoms with E-state index in [4.69, 9.17) is 0 Å². The Kier molecular flexibility index (Phi) is 5.25. The summed E-state index contributed by atoms with van der Waals surface area (Å²) >= 11 is 0. The molecule has 1 saturated heterocycles. The van der Waals surface area contributed by atoms with Gasteiger partial charge in [-0.15, -0.1) is 0 Å². The Hall–Kier alpha value is -0.0900. The Morgan fingerprint density at radius 3 is 2.50 bits per heavy atom. The number of hydrogen-bond donors (Lipinski definition) is 1. The van der Waals surface area contributed by atoms with E-state index in [9.17, 15) is 8.42 Å². The summed E-state index contributed by atoms with van der Waals surface area (Å²) < 4.78 is 24.1. The first-order valence-corrected chi connectivity index (χ1v) is 8.15. The van der Waals surface area contributed by atoms with Crippen LogP contribution in [0.25, 0.3) is 0 Å². The van der Waals surface area contributed by atoms with Gasteiger partial charge in [-0.05, 0) is 31.7 Å². The van der Waals surface area contributed by atoms with Crippen molar-refractivity contribution in [3.63, 3.8) is 0 Å². The molecule has 0 radical (unpaired) electrons. The molecule has 16 heavy (non-hydrogen) atoms. The monoisotopic (exact) mass is 247 g/mol. The Bertz CT molecular complexity index is 298. The van der Waals surface area contributed by atoms with E-state index in [2.05, 4.69) is 26.1 Å². The van der Waals surface area contributed by atoms with E-state index in [-0.39, 0.29) is 11.3 Å². The fourth-order valence-electron chi connectivity index (χ4n) is 2.49. The fraction of sp³-hybridized carbons (Fsp3) is 1.00. The highest BCUT2D eigenvalue weighted by Crippen LogP contribution is 2.25. The van der Waals surface area contributed by atoms with Crippen molar-refractivity contribution in [3.8, 4) is 0 Å². The zero-order chi connectivity index (χ0) is 12.2. The van der Waals surface area contributed by atoms with Crippen molar-refractivity contribution >= 4 is 9.84 Å². The maximum Gasteiger partial charge on any atom is 0.154 e. The molecule has 1 aliphatic rings. The maximum atomic E-state index is 12.1. The molecule has 1 aliphatic heterocycles. The van der Waals surface area contributed by atoms with E-state index in [1.165, 1.54) is 0 Å². The quantitative estimate of drug-likeness (QED) is 0.808. The molecule has 1 N–H and O–H groups in total. The summed E-state index contributed by atoms with van der Waals surface area (Å²) in [6, 6.07) is 0.130. The summed E-state index contributed by atoms with van der Waals surface area (Å²) in [5.74, 6) is 0.763. The molecule has 3 nitrogen and oxygen atoms in total. The topological polar surface area (TPSA) is 46.2 Å². The number of sulfone groups is 1. The molecule has 0 spiro atoms. The van der Waals surface area contributed by atoms with Gasteiger partial charge in [0, 0.05) is 6.04 Å². The Balaban J connectivity index is 2.75. The Labute approximate surface area is 99.9 Å². The first-order valence-electron chi connectivity index (χ1n) is 6.44. The van der Waals surface area contributed by atoms with E-state index in [1.807, 2.05) is 0 Å². The minimum absolute atomic E-state index is 0.130. The van der Waals surface area contributed by atoms with Crippen LogP contribution in [-0.4, -0.2) is 32.0 Å². The predicted octanol–water partition coefficient (Wildman–Crippen LogP) is 1.98. The van der Waals surface area contributed by atoms with Crippen molar-refractivity contribution in [1.82, 2.24) is 5.32 Å². The lowest BCUT2D eigenvalue weighted by Crippen LogP contribution is -2.49. The third kappa shape index (κ3) is 3.45. The van der Waals surface area contributed by atoms with Gasteiger partial charge in [-0.2, -0.15) is 0 Å². The summed E-state index contributed by atoms with van der Waals surface area (Å²) in [4.78, 5) is 0. The minimum atomic E-state index is -2.86. The van der Waals surface area contributed by atoms with Crippen LogP contribution in [0.4, 0.5) is 0 Å². The average Bonchev–Trinajstić information content (AvgIpc) is 2.20. The van der Waals surface area contributed by atoms with Crippen molar-refractivity contribution in [1.29, 1.82) is 0 Å². The van der Waals surface area contributed by atoms with Crippen LogP contribution in [0.5, 0.6) is 0 Å². The largest absolute Gasteiger partial charge is 0.312 e. The van der Waals surface area contributed by atoms with Gasteiger partial charge in [0.15, 0.2) is 9.84 Å². The van der Waals surface area contributed by atoms with Crippen molar-refractivity contribution < 1.29 is 8.42 Å². The Morgan fingerprint density at radius 1 is 1.31 bits per heavy atom. The second-order valence-corrected chi connectivity index (χ2v) is 7.46. The van der Waals surface area contributed by atoms with Gasteiger partial charge in [-0.25, -0.2) is 8.42 Å². The van der Waals surface area contributed by atoms with Gasteiger partial charge in [0.25, 0.3) is 0 Å². The van der Waals surface area contributed by atoms with Crippen LogP contribution in [0.3, 0.4) is 0 Å². The molecule has 0 aromatic rings. The molecular formula is C12H25NO2S. The molecule has 1 heterocycles. The summed E-state index contributed by atoms with van der Waals surface area (Å²) in [6.45, 7) is 7.24. The van der Waals surface area contributed by atoms with Gasteiger partial charge in [0.2, 0.25) is 0 Å². The molecule has 1 rings (SSSR count). The Morgan fingerprint density at radius 2 is 2.00 bits per heavy atom. The van der Waals surface area contributed by atoms with Crippen LogP contribution < -0.4 is 5.32 Å². The van der Waals surface area contributed by atoms with Gasteiger partial charge in [0.05, 0.1) is 11.0 Å². The number of rotatable bonds is 5. The van der Waals surface area contributed by atoms with Gasteiger partial charge in [0.1, 0.15) is 0 Å². The summed E-state index contributed by atoms with van der Waals surface area (Å²) in [7, 11) is -2.86. The zero-order valence-electron chi connectivity index (χ0n) is 10.7. The molecule has 0 saturated carbocycles. The molecule has 0 bridgehead atoms. The van der Waals surface area contributed by atoms with Gasteiger partial charge < -0.3 is 5.32 Å². The lowest BCUT2D eigenvalue weighted by molar-refractivity contribution is 0.358. The average molecular weight is 247 g/mol. The van der Waals surface area contributed by atoms with E-state index in [0.29, 0.717) is 11.7 Å². The first kappa shape index (κ1) is 14.0. The second kappa shape index (κ2) is 6.01. The van der Waals surface area contributed by atoms with Crippen LogP contribution in [-0.2, 0) is 9.84 Å². The van der Waals surface area contributed by atoms with Crippen molar-refractivity contribution in [2.75, 3.05) is 12.3 Å². The third-order valence-corrected chi connectivity index (χ3v) is 5.69. The van der Waals surface area contributed by atoms with Gasteiger partial charge in [-0.1, -0.05) is 27.2 Å². The molecule has 2 unspecified atom stereocenters. The molecule has 0 amide bonds. The highest BCUT2D eigenvalue weighted by molar-refractivity contribution is 7.92. The van der Waals surface area contributed by atoms with Crippen molar-refractivity contribution in [2.24, 2.45) is 5.92 Å². The molecule has 4 heteroatoms. The molecular weight excluding hydrogens is 222 g/mol. The zero-order valence-corrected chi connectivity index (χ0v) is 11.5.